The molecule has 0 bridgehead atoms. The summed E-state index contributed by atoms with van der Waals surface area (Å²) >= 11 is 0. The molecule has 0 aliphatic heterocycles. The number of rotatable bonds is 6. The highest BCUT2D eigenvalue weighted by Crippen LogP contribution is 2.17. The minimum absolute atomic E-state index is 0. The number of benzene rings is 2. The van der Waals surface area contributed by atoms with Gasteiger partial charge in [0.05, 0.1) is 0 Å². The molecule has 2 aromatic carbocycles. The van der Waals surface area contributed by atoms with E-state index < -0.39 is 5.97 Å². The third-order valence-electron chi connectivity index (χ3n) is 3.38. The van der Waals surface area contributed by atoms with Crippen LogP contribution in [0.25, 0.3) is 17.5 Å². The standard InChI is InChI=1S/C17H15N5O2.CH4/c23-16(24)10-5-12-1-3-13(4-2-12)11-18-15-8-6-14(7-9-15)17-19-21-22-20-17;/h1-10,18H,11H2,(H,23,24)(H,19,20,21,22);1H4/b10-5+;. The molecule has 0 amide bonds. The Morgan fingerprint density at radius 3 is 2.44 bits per heavy atom. The van der Waals surface area contributed by atoms with Crippen molar-refractivity contribution in [3.05, 3.63) is 65.7 Å². The number of nitrogens with zero attached hydrogens (tertiary/aromatic N) is 3. The van der Waals surface area contributed by atoms with Crippen molar-refractivity contribution in [3.8, 4) is 11.4 Å². The van der Waals surface area contributed by atoms with Crippen LogP contribution in [0.15, 0.2) is 54.6 Å². The first kappa shape index (κ1) is 17.9. The summed E-state index contributed by atoms with van der Waals surface area (Å²) in [5, 5.41) is 25.8. The predicted molar refractivity (Wildman–Crippen MR) is 96.8 cm³/mol. The third-order valence-corrected chi connectivity index (χ3v) is 3.38. The van der Waals surface area contributed by atoms with Crippen molar-refractivity contribution in [3.63, 3.8) is 0 Å². The molecule has 1 aromatic heterocycles. The number of hydrogen-bond donors (Lipinski definition) is 3. The van der Waals surface area contributed by atoms with E-state index in [2.05, 4.69) is 25.9 Å². The quantitative estimate of drug-likeness (QED) is 0.597. The van der Waals surface area contributed by atoms with E-state index in [4.69, 9.17) is 5.11 Å². The second-order valence-electron chi connectivity index (χ2n) is 5.08. The predicted octanol–water partition coefficient (Wildman–Crippen LogP) is 3.21. The van der Waals surface area contributed by atoms with Gasteiger partial charge >= 0.3 is 5.97 Å². The molecule has 0 saturated heterocycles. The smallest absolute Gasteiger partial charge is 0.328 e. The average Bonchev–Trinajstić information content (AvgIpc) is 3.14. The molecule has 128 valence electrons. The van der Waals surface area contributed by atoms with Gasteiger partial charge in [-0.1, -0.05) is 31.7 Å². The van der Waals surface area contributed by atoms with Crippen molar-refractivity contribution in [2.24, 2.45) is 0 Å². The number of hydrogen-bond acceptors (Lipinski definition) is 5. The van der Waals surface area contributed by atoms with E-state index in [1.165, 1.54) is 0 Å². The number of carboxylic acid groups (broad SMARTS) is 1. The van der Waals surface area contributed by atoms with Crippen LogP contribution in [0, 0.1) is 0 Å². The maximum absolute atomic E-state index is 10.5. The number of aliphatic carboxylic acids is 1. The highest BCUT2D eigenvalue weighted by atomic mass is 16.4. The van der Waals surface area contributed by atoms with Crippen LogP contribution in [0.4, 0.5) is 5.69 Å². The summed E-state index contributed by atoms with van der Waals surface area (Å²) in [5.41, 5.74) is 3.83. The Bertz CT molecular complexity index is 825. The topological polar surface area (TPSA) is 104 Å². The van der Waals surface area contributed by atoms with Crippen molar-refractivity contribution in [2.45, 2.75) is 14.0 Å². The minimum atomic E-state index is -0.954. The van der Waals surface area contributed by atoms with Crippen LogP contribution in [0.2, 0.25) is 0 Å². The van der Waals surface area contributed by atoms with Gasteiger partial charge in [0.2, 0.25) is 5.82 Å². The zero-order valence-electron chi connectivity index (χ0n) is 12.7. The van der Waals surface area contributed by atoms with Gasteiger partial charge in [0.1, 0.15) is 0 Å². The van der Waals surface area contributed by atoms with Gasteiger partial charge in [-0.25, -0.2) is 4.79 Å². The monoisotopic (exact) mass is 337 g/mol. The maximum Gasteiger partial charge on any atom is 0.328 e. The van der Waals surface area contributed by atoms with Gasteiger partial charge in [0.25, 0.3) is 0 Å². The second-order valence-corrected chi connectivity index (χ2v) is 5.08. The molecule has 3 rings (SSSR count). The van der Waals surface area contributed by atoms with Gasteiger partial charge < -0.3 is 10.4 Å². The Hall–Kier alpha value is -3.48. The summed E-state index contributed by atoms with van der Waals surface area (Å²) < 4.78 is 0. The number of tetrazole rings is 1. The number of nitrogens with one attached hydrogen (secondary N) is 2. The average molecular weight is 337 g/mol. The molecule has 0 aliphatic rings. The van der Waals surface area contributed by atoms with E-state index >= 15 is 0 Å². The fraction of sp³-hybridized carbons (Fsp3) is 0.111. The van der Waals surface area contributed by atoms with Gasteiger partial charge in [-0.2, -0.15) is 5.21 Å². The van der Waals surface area contributed by atoms with Crippen LogP contribution in [-0.2, 0) is 11.3 Å². The van der Waals surface area contributed by atoms with Crippen LogP contribution in [0.5, 0.6) is 0 Å². The summed E-state index contributed by atoms with van der Waals surface area (Å²) in [6.45, 7) is 0.671. The first-order valence-corrected chi connectivity index (χ1v) is 7.28. The number of carboxylic acids is 1. The summed E-state index contributed by atoms with van der Waals surface area (Å²) in [5.74, 6) is -0.392. The summed E-state index contributed by atoms with van der Waals surface area (Å²) in [6.07, 6.45) is 2.69. The van der Waals surface area contributed by atoms with E-state index in [1.54, 1.807) is 6.08 Å². The van der Waals surface area contributed by atoms with E-state index in [1.807, 2.05) is 48.5 Å². The van der Waals surface area contributed by atoms with Crippen LogP contribution in [-0.4, -0.2) is 31.7 Å². The lowest BCUT2D eigenvalue weighted by Crippen LogP contribution is -1.99. The Balaban J connectivity index is 0.00000225. The largest absolute Gasteiger partial charge is 0.478 e. The Kier molecular flexibility index (Phi) is 6.00. The molecular weight excluding hydrogens is 318 g/mol. The van der Waals surface area contributed by atoms with Crippen molar-refractivity contribution in [2.75, 3.05) is 5.32 Å². The lowest BCUT2D eigenvalue weighted by molar-refractivity contribution is -0.131. The number of H-pyrrole nitrogens is 1. The fourth-order valence-corrected chi connectivity index (χ4v) is 2.14. The molecule has 0 unspecified atom stereocenters. The normalized spacial score (nSPS) is 10.4. The fourth-order valence-electron chi connectivity index (χ4n) is 2.14. The second kappa shape index (κ2) is 8.39. The zero-order chi connectivity index (χ0) is 16.8. The lowest BCUT2D eigenvalue weighted by Gasteiger charge is -2.07. The van der Waals surface area contributed by atoms with E-state index in [9.17, 15) is 4.79 Å². The molecule has 25 heavy (non-hydrogen) atoms. The van der Waals surface area contributed by atoms with E-state index in [-0.39, 0.29) is 7.43 Å². The zero-order valence-corrected chi connectivity index (χ0v) is 12.7. The molecule has 1 heterocycles. The van der Waals surface area contributed by atoms with Crippen LogP contribution >= 0.6 is 0 Å². The highest BCUT2D eigenvalue weighted by molar-refractivity contribution is 5.85. The molecule has 3 aromatic rings. The molecule has 0 atom stereocenters. The van der Waals surface area contributed by atoms with Gasteiger partial charge in [-0.15, -0.1) is 10.2 Å². The lowest BCUT2D eigenvalue weighted by atomic mass is 10.1. The molecule has 7 heteroatoms. The van der Waals surface area contributed by atoms with Gasteiger partial charge in [0.15, 0.2) is 0 Å². The van der Waals surface area contributed by atoms with Gasteiger partial charge in [-0.3, -0.25) is 0 Å². The molecule has 0 spiro atoms. The molecule has 0 radical (unpaired) electrons. The third kappa shape index (κ3) is 5.00. The number of aromatic amines is 1. The van der Waals surface area contributed by atoms with Gasteiger partial charge in [0, 0.05) is 23.9 Å². The minimum Gasteiger partial charge on any atom is -0.478 e. The molecule has 0 saturated carbocycles. The first-order valence-electron chi connectivity index (χ1n) is 7.28. The van der Waals surface area contributed by atoms with E-state index in [0.29, 0.717) is 12.4 Å². The van der Waals surface area contributed by atoms with Gasteiger partial charge in [-0.05, 0) is 46.7 Å². The molecular formula is C18H19N5O2. The van der Waals surface area contributed by atoms with Crippen LogP contribution in [0.3, 0.4) is 0 Å². The molecule has 0 fully saturated rings. The number of carbonyl (C=O) groups is 1. The van der Waals surface area contributed by atoms with Crippen molar-refractivity contribution >= 4 is 17.7 Å². The summed E-state index contributed by atoms with van der Waals surface area (Å²) in [7, 11) is 0. The van der Waals surface area contributed by atoms with Crippen molar-refractivity contribution in [1.29, 1.82) is 0 Å². The molecule has 7 nitrogen and oxygen atoms in total. The van der Waals surface area contributed by atoms with Crippen LogP contribution in [0.1, 0.15) is 18.6 Å². The van der Waals surface area contributed by atoms with Crippen LogP contribution < -0.4 is 5.32 Å². The SMILES string of the molecule is C.O=C(O)/C=C/c1ccc(CNc2ccc(-c3nn[nH]n3)cc2)cc1. The Labute approximate surface area is 145 Å². The highest BCUT2D eigenvalue weighted by Gasteiger charge is 2.02. The summed E-state index contributed by atoms with van der Waals surface area (Å²) in [6, 6.07) is 15.4. The summed E-state index contributed by atoms with van der Waals surface area (Å²) in [4.78, 5) is 10.5. The Morgan fingerprint density at radius 2 is 1.84 bits per heavy atom. The Morgan fingerprint density at radius 1 is 1.12 bits per heavy atom. The van der Waals surface area contributed by atoms with E-state index in [0.717, 1.165) is 28.5 Å². The number of anilines is 1. The first-order chi connectivity index (χ1) is 11.7. The number of aromatic nitrogens is 4. The van der Waals surface area contributed by atoms with Crippen molar-refractivity contribution < 1.29 is 9.90 Å². The molecule has 0 aliphatic carbocycles. The van der Waals surface area contributed by atoms with Crippen molar-refractivity contribution in [1.82, 2.24) is 20.6 Å². The maximum atomic E-state index is 10.5. The molecule has 3 N–H and O–H groups in total.